The van der Waals surface area contributed by atoms with Crippen LogP contribution in [-0.2, 0) is 14.4 Å². The van der Waals surface area contributed by atoms with Crippen molar-refractivity contribution in [3.05, 3.63) is 38.0 Å². The molecule has 3 amide bonds. The number of hydrogen-bond acceptors (Lipinski definition) is 7. The molecule has 136 valence electrons. The zero-order valence-corrected chi connectivity index (χ0v) is 13.4. The maximum Gasteiger partial charge on any atom is 0.240 e. The fourth-order valence-electron chi connectivity index (χ4n) is 0. The molecule has 0 aliphatic carbocycles. The van der Waals surface area contributed by atoms with Gasteiger partial charge in [0, 0.05) is 26.2 Å². The first-order chi connectivity index (χ1) is 10.6. The van der Waals surface area contributed by atoms with E-state index in [1.165, 1.54) is 0 Å². The third-order valence-electron chi connectivity index (χ3n) is 0.937. The number of amides is 3. The number of carbonyl (C=O) groups excluding carboxylic acids is 3. The Morgan fingerprint density at radius 1 is 0.565 bits per heavy atom. The van der Waals surface area contributed by atoms with Gasteiger partial charge in [-0.15, -0.1) is 0 Å². The molecule has 0 saturated carbocycles. The summed E-state index contributed by atoms with van der Waals surface area (Å²) in [6.45, 7) is 11.6. The van der Waals surface area contributed by atoms with E-state index in [0.717, 1.165) is 18.2 Å². The molecule has 0 heterocycles. The maximum absolute atomic E-state index is 9.47. The monoisotopic (exact) mass is 333 g/mol. The summed E-state index contributed by atoms with van der Waals surface area (Å²) < 4.78 is 0. The van der Waals surface area contributed by atoms with Gasteiger partial charge >= 0.3 is 0 Å². The van der Waals surface area contributed by atoms with Gasteiger partial charge in [0.25, 0.3) is 0 Å². The third kappa shape index (κ3) is 199. The summed E-state index contributed by atoms with van der Waals surface area (Å²) in [7, 11) is 0. The quantitative estimate of drug-likeness (QED) is 0.254. The molecular weight excluding hydrogens is 302 g/mol. The van der Waals surface area contributed by atoms with Crippen molar-refractivity contribution >= 4 is 17.7 Å². The Kier molecular flexibility index (Phi) is 51.6. The standard InChI is InChI=1S/3C3H5NO.2C2H8N2/c3*1-2-3(4)5;2*3-1-2-4/h3*2H,1H2,(H2,4,5);2*1-4H2. The van der Waals surface area contributed by atoms with Gasteiger partial charge in [0.05, 0.1) is 0 Å². The van der Waals surface area contributed by atoms with Crippen LogP contribution in [0.3, 0.4) is 0 Å². The van der Waals surface area contributed by atoms with Gasteiger partial charge < -0.3 is 40.1 Å². The summed E-state index contributed by atoms with van der Waals surface area (Å²) in [5.41, 5.74) is 33.2. The molecule has 0 aromatic heterocycles. The second kappa shape index (κ2) is 36.6. The van der Waals surface area contributed by atoms with Gasteiger partial charge in [-0.1, -0.05) is 19.7 Å². The summed E-state index contributed by atoms with van der Waals surface area (Å²) in [6.07, 6.45) is 3.17. The topological polar surface area (TPSA) is 233 Å². The second-order valence-electron chi connectivity index (χ2n) is 2.97. The van der Waals surface area contributed by atoms with Crippen molar-refractivity contribution in [1.82, 2.24) is 0 Å². The van der Waals surface area contributed by atoms with Gasteiger partial charge in [-0.2, -0.15) is 0 Å². The summed E-state index contributed by atoms with van der Waals surface area (Å²) in [4.78, 5) is 28.4. The minimum atomic E-state index is -0.481. The molecule has 0 aliphatic heterocycles. The largest absolute Gasteiger partial charge is 0.366 e. The molecule has 0 aromatic rings. The van der Waals surface area contributed by atoms with Crippen LogP contribution < -0.4 is 40.1 Å². The Bertz CT molecular complexity index is 270. The van der Waals surface area contributed by atoms with E-state index < -0.39 is 17.7 Å². The Hall–Kier alpha value is -2.53. The molecule has 10 nitrogen and oxygen atoms in total. The van der Waals surface area contributed by atoms with Crippen molar-refractivity contribution in [1.29, 1.82) is 0 Å². The predicted octanol–water partition coefficient (Wildman–Crippen LogP) is -3.22. The van der Waals surface area contributed by atoms with Crippen LogP contribution in [-0.4, -0.2) is 43.9 Å². The second-order valence-corrected chi connectivity index (χ2v) is 2.97. The van der Waals surface area contributed by atoms with Crippen molar-refractivity contribution in [2.45, 2.75) is 0 Å². The molecule has 0 aromatic carbocycles. The van der Waals surface area contributed by atoms with Crippen molar-refractivity contribution in [3.8, 4) is 0 Å². The Morgan fingerprint density at radius 3 is 0.652 bits per heavy atom. The van der Waals surface area contributed by atoms with Crippen molar-refractivity contribution in [3.63, 3.8) is 0 Å². The highest BCUT2D eigenvalue weighted by Crippen LogP contribution is 1.49. The molecule has 0 fully saturated rings. The summed E-state index contributed by atoms with van der Waals surface area (Å²) in [5, 5.41) is 0. The van der Waals surface area contributed by atoms with Gasteiger partial charge in [0.1, 0.15) is 0 Å². The first-order valence-electron chi connectivity index (χ1n) is 6.20. The predicted molar refractivity (Wildman–Crippen MR) is 94.4 cm³/mol. The van der Waals surface area contributed by atoms with Crippen molar-refractivity contribution in [2.24, 2.45) is 40.1 Å². The van der Waals surface area contributed by atoms with E-state index >= 15 is 0 Å². The van der Waals surface area contributed by atoms with E-state index in [-0.39, 0.29) is 0 Å². The van der Waals surface area contributed by atoms with E-state index in [9.17, 15) is 14.4 Å². The van der Waals surface area contributed by atoms with Gasteiger partial charge in [-0.25, -0.2) is 0 Å². The lowest BCUT2D eigenvalue weighted by Gasteiger charge is -1.72. The summed E-state index contributed by atoms with van der Waals surface area (Å²) >= 11 is 0. The lowest BCUT2D eigenvalue weighted by atomic mass is 10.6. The van der Waals surface area contributed by atoms with Crippen molar-refractivity contribution in [2.75, 3.05) is 26.2 Å². The van der Waals surface area contributed by atoms with Crippen molar-refractivity contribution < 1.29 is 14.4 Å². The van der Waals surface area contributed by atoms with Crippen LogP contribution >= 0.6 is 0 Å². The molecule has 0 saturated heterocycles. The average Bonchev–Trinajstić information content (AvgIpc) is 2.56. The molecule has 10 heteroatoms. The van der Waals surface area contributed by atoms with Gasteiger partial charge in [-0.3, -0.25) is 14.4 Å². The molecule has 0 radical (unpaired) electrons. The van der Waals surface area contributed by atoms with Gasteiger partial charge in [0.15, 0.2) is 0 Å². The number of primary amides is 3. The zero-order valence-electron chi connectivity index (χ0n) is 13.4. The first-order valence-corrected chi connectivity index (χ1v) is 6.20. The van der Waals surface area contributed by atoms with Gasteiger partial charge in [-0.05, 0) is 18.2 Å². The average molecular weight is 333 g/mol. The number of carbonyl (C=O) groups is 3. The highest BCUT2D eigenvalue weighted by atomic mass is 16.1. The lowest BCUT2D eigenvalue weighted by Crippen LogP contribution is -2.11. The first kappa shape index (κ1) is 32.4. The minimum Gasteiger partial charge on any atom is -0.366 e. The minimum absolute atomic E-state index is 0.481. The fraction of sp³-hybridized carbons (Fsp3) is 0.308. The molecule has 0 bridgehead atoms. The number of rotatable bonds is 5. The van der Waals surface area contributed by atoms with E-state index in [2.05, 4.69) is 36.9 Å². The van der Waals surface area contributed by atoms with Crippen LogP contribution in [0.5, 0.6) is 0 Å². The third-order valence-corrected chi connectivity index (χ3v) is 0.937. The van der Waals surface area contributed by atoms with E-state index in [1.54, 1.807) is 0 Å². The Morgan fingerprint density at radius 2 is 0.652 bits per heavy atom. The Labute approximate surface area is 137 Å². The smallest absolute Gasteiger partial charge is 0.240 e. The fourth-order valence-corrected chi connectivity index (χ4v) is 0. The zero-order chi connectivity index (χ0) is 19.7. The molecule has 0 spiro atoms. The van der Waals surface area contributed by atoms with Crippen LogP contribution in [0.4, 0.5) is 0 Å². The highest BCUT2D eigenvalue weighted by Gasteiger charge is 1.70. The van der Waals surface area contributed by atoms with E-state index in [0.29, 0.717) is 26.2 Å². The number of nitrogens with two attached hydrogens (primary N) is 7. The van der Waals surface area contributed by atoms with Crippen LogP contribution in [0.1, 0.15) is 0 Å². The maximum atomic E-state index is 9.47. The van der Waals surface area contributed by atoms with Crippen LogP contribution in [0.25, 0.3) is 0 Å². The lowest BCUT2D eigenvalue weighted by molar-refractivity contribution is -0.114. The molecule has 0 atom stereocenters. The van der Waals surface area contributed by atoms with Crippen LogP contribution in [0.2, 0.25) is 0 Å². The summed E-state index contributed by atoms with van der Waals surface area (Å²) in [5.74, 6) is -1.44. The molecular formula is C13H31N7O3. The summed E-state index contributed by atoms with van der Waals surface area (Å²) in [6, 6.07) is 0. The highest BCUT2D eigenvalue weighted by molar-refractivity contribution is 5.85. The van der Waals surface area contributed by atoms with Crippen LogP contribution in [0.15, 0.2) is 38.0 Å². The van der Waals surface area contributed by atoms with E-state index in [4.69, 9.17) is 22.9 Å². The normalized spacial score (nSPS) is 6.78. The SMILES string of the molecule is C=CC(N)=O.C=CC(N)=O.C=CC(N)=O.NCCN.NCCN. The molecule has 23 heavy (non-hydrogen) atoms. The number of hydrogen-bond donors (Lipinski definition) is 7. The van der Waals surface area contributed by atoms with E-state index in [1.807, 2.05) is 0 Å². The Balaban J connectivity index is -0.0000000589. The molecule has 0 aliphatic rings. The molecule has 14 N–H and O–H groups in total. The van der Waals surface area contributed by atoms with Crippen LogP contribution in [0, 0.1) is 0 Å². The van der Waals surface area contributed by atoms with Gasteiger partial charge in [0.2, 0.25) is 17.7 Å². The molecule has 0 unspecified atom stereocenters. The molecule has 0 rings (SSSR count).